The summed E-state index contributed by atoms with van der Waals surface area (Å²) in [6, 6.07) is 6.01. The maximum Gasteiger partial charge on any atom is 0.0989 e. The monoisotopic (exact) mass is 169 g/mol. The van der Waals surface area contributed by atoms with Gasteiger partial charge < -0.3 is 0 Å². The van der Waals surface area contributed by atoms with Crippen LogP contribution in [0.25, 0.3) is 0 Å². The second-order valence-corrected chi connectivity index (χ2v) is 3.20. The summed E-state index contributed by atoms with van der Waals surface area (Å²) in [4.78, 5) is 0. The topological polar surface area (TPSA) is 71.4 Å². The molecule has 0 aliphatic heterocycles. The molecule has 13 heavy (non-hydrogen) atoms. The zero-order chi connectivity index (χ0) is 9.90. The van der Waals surface area contributed by atoms with Crippen LogP contribution in [0.15, 0.2) is 23.3 Å². The summed E-state index contributed by atoms with van der Waals surface area (Å²) in [5.41, 5.74) is 0.181. The second-order valence-electron chi connectivity index (χ2n) is 3.20. The predicted molar refractivity (Wildman–Crippen MR) is 45.7 cm³/mol. The fraction of sp³-hybridized carbons (Fsp3) is 0.300. The molecule has 0 spiro atoms. The molecule has 1 aliphatic rings. The Morgan fingerprint density at radius 2 is 2.00 bits per heavy atom. The SMILES string of the molecule is CC1(C#N)C=C(C#N)C=C(C#N)C1. The fourth-order valence-electron chi connectivity index (χ4n) is 1.28. The molecule has 0 heterocycles. The van der Waals surface area contributed by atoms with Gasteiger partial charge in [0.15, 0.2) is 0 Å². The van der Waals surface area contributed by atoms with E-state index in [1.54, 1.807) is 13.0 Å². The van der Waals surface area contributed by atoms with Crippen molar-refractivity contribution in [2.24, 2.45) is 5.41 Å². The van der Waals surface area contributed by atoms with E-state index in [9.17, 15) is 0 Å². The van der Waals surface area contributed by atoms with Gasteiger partial charge in [-0.2, -0.15) is 15.8 Å². The van der Waals surface area contributed by atoms with Crippen molar-refractivity contribution in [2.75, 3.05) is 0 Å². The van der Waals surface area contributed by atoms with Gasteiger partial charge >= 0.3 is 0 Å². The molecule has 0 amide bonds. The van der Waals surface area contributed by atoms with Gasteiger partial charge in [0.25, 0.3) is 0 Å². The maximum absolute atomic E-state index is 8.84. The highest BCUT2D eigenvalue weighted by Crippen LogP contribution is 2.32. The Labute approximate surface area is 76.8 Å². The van der Waals surface area contributed by atoms with Gasteiger partial charge in [0, 0.05) is 12.0 Å². The van der Waals surface area contributed by atoms with Crippen molar-refractivity contribution < 1.29 is 0 Å². The van der Waals surface area contributed by atoms with Crippen molar-refractivity contribution in [3.8, 4) is 18.2 Å². The van der Waals surface area contributed by atoms with E-state index < -0.39 is 5.41 Å². The predicted octanol–water partition coefficient (Wildman–Crippen LogP) is 1.82. The van der Waals surface area contributed by atoms with Crippen LogP contribution in [-0.2, 0) is 0 Å². The molecule has 0 saturated heterocycles. The minimum atomic E-state index is -0.703. The van der Waals surface area contributed by atoms with Crippen LogP contribution in [0.5, 0.6) is 0 Å². The van der Waals surface area contributed by atoms with Crippen LogP contribution in [0, 0.1) is 39.4 Å². The molecule has 1 aliphatic carbocycles. The molecule has 0 aromatic heterocycles. The van der Waals surface area contributed by atoms with Gasteiger partial charge in [-0.3, -0.25) is 0 Å². The molecule has 0 aromatic carbocycles. The minimum absolute atomic E-state index is 0.394. The lowest BCUT2D eigenvalue weighted by atomic mass is 9.79. The first-order valence-electron chi connectivity index (χ1n) is 3.78. The largest absolute Gasteiger partial charge is 0.197 e. The summed E-state index contributed by atoms with van der Waals surface area (Å²) in [5.74, 6) is 0. The van der Waals surface area contributed by atoms with Crippen LogP contribution < -0.4 is 0 Å². The van der Waals surface area contributed by atoms with E-state index in [2.05, 4.69) is 6.07 Å². The quantitative estimate of drug-likeness (QED) is 0.555. The highest BCUT2D eigenvalue weighted by Gasteiger charge is 2.26. The molecule has 0 bridgehead atoms. The molecule has 0 N–H and O–H groups in total. The zero-order valence-corrected chi connectivity index (χ0v) is 7.20. The van der Waals surface area contributed by atoms with Gasteiger partial charge in [0.1, 0.15) is 0 Å². The summed E-state index contributed by atoms with van der Waals surface area (Å²) in [6.45, 7) is 1.72. The van der Waals surface area contributed by atoms with E-state index in [0.717, 1.165) is 0 Å². The Morgan fingerprint density at radius 3 is 2.46 bits per heavy atom. The molecule has 3 nitrogen and oxygen atoms in total. The van der Waals surface area contributed by atoms with Crippen molar-refractivity contribution >= 4 is 0 Å². The summed E-state index contributed by atoms with van der Waals surface area (Å²) in [5, 5.41) is 26.2. The normalized spacial score (nSPS) is 26.0. The van der Waals surface area contributed by atoms with Gasteiger partial charge in [-0.15, -0.1) is 0 Å². The van der Waals surface area contributed by atoms with E-state index in [1.807, 2.05) is 12.1 Å². The lowest BCUT2D eigenvalue weighted by Crippen LogP contribution is -2.14. The third-order valence-corrected chi connectivity index (χ3v) is 1.89. The van der Waals surface area contributed by atoms with Crippen LogP contribution in [0.4, 0.5) is 0 Å². The van der Waals surface area contributed by atoms with Crippen LogP contribution in [0.1, 0.15) is 13.3 Å². The van der Waals surface area contributed by atoms with Crippen molar-refractivity contribution in [3.63, 3.8) is 0 Å². The Bertz CT molecular complexity index is 409. The highest BCUT2D eigenvalue weighted by atomic mass is 14.4. The average molecular weight is 169 g/mol. The van der Waals surface area contributed by atoms with E-state index in [-0.39, 0.29) is 0 Å². The summed E-state index contributed by atoms with van der Waals surface area (Å²) in [6.07, 6.45) is 3.53. The third kappa shape index (κ3) is 1.75. The van der Waals surface area contributed by atoms with Crippen LogP contribution >= 0.6 is 0 Å². The molecule has 62 valence electrons. The second kappa shape index (κ2) is 3.13. The standard InChI is InChI=1S/C10H7N3/c1-10(7-13)3-8(5-11)2-9(4-10)6-12/h2-3H,4H2,1H3. The van der Waals surface area contributed by atoms with Crippen molar-refractivity contribution in [3.05, 3.63) is 23.3 Å². The molecule has 0 fully saturated rings. The van der Waals surface area contributed by atoms with Crippen molar-refractivity contribution in [1.82, 2.24) is 0 Å². The first-order valence-corrected chi connectivity index (χ1v) is 3.78. The maximum atomic E-state index is 8.84. The van der Waals surface area contributed by atoms with Gasteiger partial charge in [-0.25, -0.2) is 0 Å². The summed E-state index contributed by atoms with van der Waals surface area (Å²) < 4.78 is 0. The first kappa shape index (κ1) is 9.04. The Morgan fingerprint density at radius 1 is 1.31 bits per heavy atom. The van der Waals surface area contributed by atoms with Crippen molar-refractivity contribution in [2.45, 2.75) is 13.3 Å². The molecule has 0 aromatic rings. The molecular weight excluding hydrogens is 162 g/mol. The Balaban J connectivity index is 3.15. The van der Waals surface area contributed by atoms with E-state index >= 15 is 0 Å². The Hall–Kier alpha value is -2.05. The number of rotatable bonds is 0. The van der Waals surface area contributed by atoms with Crippen LogP contribution in [0.3, 0.4) is 0 Å². The molecule has 1 rings (SSSR count). The smallest absolute Gasteiger partial charge is 0.0989 e. The molecule has 3 heteroatoms. The molecule has 0 saturated carbocycles. The van der Waals surface area contributed by atoms with Gasteiger partial charge in [-0.1, -0.05) is 0 Å². The lowest BCUT2D eigenvalue weighted by Gasteiger charge is -2.19. The fourth-order valence-corrected chi connectivity index (χ4v) is 1.28. The van der Waals surface area contributed by atoms with Crippen LogP contribution in [-0.4, -0.2) is 0 Å². The van der Waals surface area contributed by atoms with Gasteiger partial charge in [-0.05, 0) is 19.1 Å². The summed E-state index contributed by atoms with van der Waals surface area (Å²) in [7, 11) is 0. The minimum Gasteiger partial charge on any atom is -0.197 e. The number of nitrogens with zero attached hydrogens (tertiary/aromatic N) is 3. The number of allylic oxidation sites excluding steroid dienone is 4. The highest BCUT2D eigenvalue weighted by molar-refractivity contribution is 5.46. The number of nitriles is 3. The van der Waals surface area contributed by atoms with Gasteiger partial charge in [0.05, 0.1) is 29.2 Å². The summed E-state index contributed by atoms with van der Waals surface area (Å²) >= 11 is 0. The van der Waals surface area contributed by atoms with E-state index in [1.165, 1.54) is 6.08 Å². The molecule has 1 atom stereocenters. The van der Waals surface area contributed by atoms with Crippen molar-refractivity contribution in [1.29, 1.82) is 15.8 Å². The number of hydrogen-bond acceptors (Lipinski definition) is 3. The number of hydrogen-bond donors (Lipinski definition) is 0. The van der Waals surface area contributed by atoms with E-state index in [0.29, 0.717) is 17.6 Å². The molecule has 1 unspecified atom stereocenters. The first-order chi connectivity index (χ1) is 6.13. The molecular formula is C10H7N3. The van der Waals surface area contributed by atoms with Crippen LogP contribution in [0.2, 0.25) is 0 Å². The zero-order valence-electron chi connectivity index (χ0n) is 7.20. The van der Waals surface area contributed by atoms with E-state index in [4.69, 9.17) is 15.8 Å². The lowest BCUT2D eigenvalue weighted by molar-refractivity contribution is 0.559. The molecule has 0 radical (unpaired) electrons. The third-order valence-electron chi connectivity index (χ3n) is 1.89. The van der Waals surface area contributed by atoms with Gasteiger partial charge in [0.2, 0.25) is 0 Å². The average Bonchev–Trinajstić information content (AvgIpc) is 2.17. The Kier molecular flexibility index (Phi) is 2.18.